The first kappa shape index (κ1) is 4.27. The van der Waals surface area contributed by atoms with Gasteiger partial charge in [-0.25, -0.2) is 0 Å². The standard InChI is InChI=1S/C2H4N2O/c1-3-2-4-5/h2H,1H3. The Morgan fingerprint density at radius 1 is 1.80 bits per heavy atom. The van der Waals surface area contributed by atoms with Crippen LogP contribution in [0.5, 0.6) is 0 Å². The summed E-state index contributed by atoms with van der Waals surface area (Å²) < 4.78 is 0. The van der Waals surface area contributed by atoms with E-state index in [9.17, 15) is 0 Å². The second kappa shape index (κ2) is 3.27. The molecule has 0 radical (unpaired) electrons. The summed E-state index contributed by atoms with van der Waals surface area (Å²) >= 11 is 0. The van der Waals surface area contributed by atoms with Gasteiger partial charge in [0.05, 0.1) is 0 Å². The summed E-state index contributed by atoms with van der Waals surface area (Å²) in [4.78, 5) is 12.3. The minimum atomic E-state index is 0.944. The van der Waals surface area contributed by atoms with Crippen LogP contribution in [0.25, 0.3) is 0 Å². The van der Waals surface area contributed by atoms with E-state index in [1.165, 1.54) is 7.05 Å². The fourth-order valence-electron chi connectivity index (χ4n) is 0.0471. The molecule has 0 N–H and O–H groups in total. The normalized spacial score (nSPS) is 9.00. The van der Waals surface area contributed by atoms with E-state index < -0.39 is 0 Å². The van der Waals surface area contributed by atoms with Gasteiger partial charge in [-0.3, -0.25) is 4.99 Å². The Hall–Kier alpha value is -0.730. The molecular formula is C2H4N2O. The third-order valence-electron chi connectivity index (χ3n) is 0.163. The third kappa shape index (κ3) is 3.27. The summed E-state index contributed by atoms with van der Waals surface area (Å²) in [6.45, 7) is 0. The Morgan fingerprint density at radius 3 is 2.40 bits per heavy atom. The molecule has 0 heterocycles. The second-order valence-corrected chi connectivity index (χ2v) is 0.479. The van der Waals surface area contributed by atoms with Crippen molar-refractivity contribution in [1.82, 2.24) is 0 Å². The van der Waals surface area contributed by atoms with Crippen LogP contribution in [0.1, 0.15) is 0 Å². The zero-order valence-electron chi connectivity index (χ0n) is 2.88. The zero-order valence-corrected chi connectivity index (χ0v) is 2.88. The maximum absolute atomic E-state index is 9.01. The fourth-order valence-corrected chi connectivity index (χ4v) is 0.0471. The summed E-state index contributed by atoms with van der Waals surface area (Å²) in [5, 5.41) is 2.31. The summed E-state index contributed by atoms with van der Waals surface area (Å²) in [5.74, 6) is 0. The van der Waals surface area contributed by atoms with Crippen molar-refractivity contribution in [3.63, 3.8) is 0 Å². The number of nitroso groups, excluding NO2 is 1. The Kier molecular flexibility index (Phi) is 2.79. The van der Waals surface area contributed by atoms with Gasteiger partial charge in [-0.05, 0) is 5.18 Å². The smallest absolute Gasteiger partial charge is 0.154 e. The molecule has 0 aromatic rings. The minimum Gasteiger partial charge on any atom is -0.274 e. The maximum Gasteiger partial charge on any atom is 0.154 e. The van der Waals surface area contributed by atoms with Gasteiger partial charge in [0.25, 0.3) is 0 Å². The largest absolute Gasteiger partial charge is 0.274 e. The van der Waals surface area contributed by atoms with Crippen LogP contribution in [-0.2, 0) is 0 Å². The van der Waals surface area contributed by atoms with E-state index in [4.69, 9.17) is 4.91 Å². The average Bonchev–Trinajstić information content (AvgIpc) is 1.41. The van der Waals surface area contributed by atoms with Crippen molar-refractivity contribution in [1.29, 1.82) is 0 Å². The van der Waals surface area contributed by atoms with Gasteiger partial charge in [0.15, 0.2) is 6.34 Å². The van der Waals surface area contributed by atoms with Crippen LogP contribution < -0.4 is 0 Å². The lowest BCUT2D eigenvalue weighted by Gasteiger charge is -1.53. The third-order valence-corrected chi connectivity index (χ3v) is 0.163. The molecule has 0 aromatic heterocycles. The molecule has 28 valence electrons. The van der Waals surface area contributed by atoms with Gasteiger partial charge >= 0.3 is 0 Å². The number of nitrogens with zero attached hydrogens (tertiary/aromatic N) is 2. The molecule has 3 nitrogen and oxygen atoms in total. The van der Waals surface area contributed by atoms with E-state index in [-0.39, 0.29) is 0 Å². The molecule has 0 saturated carbocycles. The minimum absolute atomic E-state index is 0.944. The molecular weight excluding hydrogens is 68.0 g/mol. The first-order chi connectivity index (χ1) is 2.41. The molecule has 0 fully saturated rings. The van der Waals surface area contributed by atoms with E-state index in [0.29, 0.717) is 0 Å². The molecule has 0 aliphatic rings. The summed E-state index contributed by atoms with van der Waals surface area (Å²) in [5.41, 5.74) is 0. The molecule has 0 rings (SSSR count). The molecule has 3 heteroatoms. The first-order valence-electron chi connectivity index (χ1n) is 1.15. The van der Waals surface area contributed by atoms with Gasteiger partial charge in [0.1, 0.15) is 0 Å². The quantitative estimate of drug-likeness (QED) is 0.251. The Bertz CT molecular complexity index is 49.6. The van der Waals surface area contributed by atoms with Gasteiger partial charge in [-0.15, -0.1) is 4.91 Å². The van der Waals surface area contributed by atoms with E-state index in [1.807, 2.05) is 0 Å². The van der Waals surface area contributed by atoms with E-state index in [0.717, 1.165) is 6.34 Å². The highest BCUT2D eigenvalue weighted by atomic mass is 16.3. The lowest BCUT2D eigenvalue weighted by molar-refractivity contribution is 1.44. The fraction of sp³-hybridized carbons (Fsp3) is 0.500. The summed E-state index contributed by atoms with van der Waals surface area (Å²) in [6, 6.07) is 0. The SMILES string of the molecule is CN=CN=O. The van der Waals surface area contributed by atoms with Crippen molar-refractivity contribution in [2.24, 2.45) is 10.2 Å². The summed E-state index contributed by atoms with van der Waals surface area (Å²) in [7, 11) is 1.49. The Balaban J connectivity index is 2.92. The predicted octanol–water partition coefficient (Wildman–Crippen LogP) is 0.411. The molecule has 0 aliphatic carbocycles. The van der Waals surface area contributed by atoms with Crippen LogP contribution in [-0.4, -0.2) is 13.4 Å². The van der Waals surface area contributed by atoms with Gasteiger partial charge in [0, 0.05) is 7.05 Å². The highest BCUT2D eigenvalue weighted by molar-refractivity contribution is 5.54. The van der Waals surface area contributed by atoms with Crippen LogP contribution >= 0.6 is 0 Å². The predicted molar refractivity (Wildman–Crippen MR) is 20.2 cm³/mol. The molecule has 5 heavy (non-hydrogen) atoms. The first-order valence-corrected chi connectivity index (χ1v) is 1.15. The number of hydrogen-bond donors (Lipinski definition) is 0. The highest BCUT2D eigenvalue weighted by Crippen LogP contribution is 1.48. The van der Waals surface area contributed by atoms with Crippen LogP contribution in [0.15, 0.2) is 10.2 Å². The monoisotopic (exact) mass is 72.0 g/mol. The Labute approximate surface area is 29.7 Å². The van der Waals surface area contributed by atoms with E-state index >= 15 is 0 Å². The topological polar surface area (TPSA) is 41.8 Å². The van der Waals surface area contributed by atoms with Crippen molar-refractivity contribution < 1.29 is 0 Å². The molecule has 0 unspecified atom stereocenters. The van der Waals surface area contributed by atoms with Gasteiger partial charge in [0.2, 0.25) is 0 Å². The van der Waals surface area contributed by atoms with Crippen molar-refractivity contribution in [2.45, 2.75) is 0 Å². The molecule has 0 saturated heterocycles. The molecule has 0 aliphatic heterocycles. The molecule has 0 atom stereocenters. The average molecular weight is 72.1 g/mol. The van der Waals surface area contributed by atoms with Crippen molar-refractivity contribution in [2.75, 3.05) is 7.05 Å². The van der Waals surface area contributed by atoms with Gasteiger partial charge in [-0.1, -0.05) is 0 Å². The van der Waals surface area contributed by atoms with Crippen LogP contribution in [0, 0.1) is 4.91 Å². The molecule has 0 spiro atoms. The second-order valence-electron chi connectivity index (χ2n) is 0.479. The van der Waals surface area contributed by atoms with Gasteiger partial charge in [-0.2, -0.15) is 0 Å². The van der Waals surface area contributed by atoms with E-state index in [2.05, 4.69) is 10.2 Å². The number of rotatable bonds is 1. The van der Waals surface area contributed by atoms with Crippen molar-refractivity contribution >= 4 is 6.34 Å². The molecule has 0 amide bonds. The van der Waals surface area contributed by atoms with Crippen molar-refractivity contribution in [3.05, 3.63) is 4.91 Å². The maximum atomic E-state index is 9.01. The Morgan fingerprint density at radius 2 is 2.40 bits per heavy atom. The van der Waals surface area contributed by atoms with Crippen LogP contribution in [0.2, 0.25) is 0 Å². The zero-order chi connectivity index (χ0) is 4.12. The van der Waals surface area contributed by atoms with E-state index in [1.54, 1.807) is 0 Å². The number of aliphatic imine (C=N–C) groups is 1. The number of hydrogen-bond acceptors (Lipinski definition) is 2. The summed E-state index contributed by atoms with van der Waals surface area (Å²) in [6.07, 6.45) is 0.944. The highest BCUT2D eigenvalue weighted by Gasteiger charge is 1.48. The van der Waals surface area contributed by atoms with Crippen LogP contribution in [0.4, 0.5) is 0 Å². The van der Waals surface area contributed by atoms with Crippen LogP contribution in [0.3, 0.4) is 0 Å². The molecule has 0 aromatic carbocycles. The van der Waals surface area contributed by atoms with Crippen molar-refractivity contribution in [3.8, 4) is 0 Å². The van der Waals surface area contributed by atoms with Gasteiger partial charge < -0.3 is 0 Å². The lowest BCUT2D eigenvalue weighted by Crippen LogP contribution is -1.52. The molecule has 0 bridgehead atoms. The lowest BCUT2D eigenvalue weighted by atomic mass is 11.3.